The van der Waals surface area contributed by atoms with Gasteiger partial charge in [-0.05, 0) is 36.2 Å². The van der Waals surface area contributed by atoms with E-state index in [0.717, 1.165) is 72.3 Å². The lowest BCUT2D eigenvalue weighted by Gasteiger charge is -2.35. The summed E-state index contributed by atoms with van der Waals surface area (Å²) in [5, 5.41) is 8.82. The Morgan fingerprint density at radius 2 is 1.57 bits per heavy atom. The highest BCUT2D eigenvalue weighted by atomic mass is 19.1. The van der Waals surface area contributed by atoms with Crippen LogP contribution in [0.4, 0.5) is 16.2 Å². The van der Waals surface area contributed by atoms with Crippen molar-refractivity contribution in [3.63, 3.8) is 0 Å². The highest BCUT2D eigenvalue weighted by Crippen LogP contribution is 2.28. The molecule has 0 N–H and O–H groups in total. The molecule has 0 radical (unpaired) electrons. The van der Waals surface area contributed by atoms with E-state index in [4.69, 9.17) is 0 Å². The van der Waals surface area contributed by atoms with Crippen LogP contribution < -0.4 is 9.80 Å². The zero-order valence-electron chi connectivity index (χ0n) is 20.9. The first kappa shape index (κ1) is 23.1. The predicted octanol–water partition coefficient (Wildman–Crippen LogP) is 4.02. The Kier molecular flexibility index (Phi) is 5.99. The number of aryl methyl sites for hydroxylation is 1. The van der Waals surface area contributed by atoms with Gasteiger partial charge in [-0.1, -0.05) is 19.1 Å². The lowest BCUT2D eigenvalue weighted by atomic mass is 9.95. The highest BCUT2D eigenvalue weighted by Gasteiger charge is 2.23. The van der Waals surface area contributed by atoms with Gasteiger partial charge in [0.05, 0.1) is 6.20 Å². The molecule has 5 aromatic rings. The van der Waals surface area contributed by atoms with Gasteiger partial charge in [0.1, 0.15) is 17.7 Å². The molecule has 0 amide bonds. The van der Waals surface area contributed by atoms with Gasteiger partial charge in [-0.3, -0.25) is 4.68 Å². The number of rotatable bonds is 6. The number of nitrogens with zero attached hydrogens (tertiary/aromatic N) is 9. The van der Waals surface area contributed by atoms with E-state index in [-0.39, 0.29) is 11.7 Å². The molecule has 1 fully saturated rings. The average molecular weight is 498 g/mol. The molecule has 9 nitrogen and oxygen atoms in total. The van der Waals surface area contributed by atoms with E-state index >= 15 is 0 Å². The van der Waals surface area contributed by atoms with Gasteiger partial charge in [-0.25, -0.2) is 23.9 Å². The third kappa shape index (κ3) is 4.50. The summed E-state index contributed by atoms with van der Waals surface area (Å²) in [6, 6.07) is 8.72. The SMILES string of the molecule is CCn1cc(-c2cc3c(N4CCN(c5ncc([C@H](C)c6ccc(F)cc6)cn5)CC4)ncnn3c2)cn1. The van der Waals surface area contributed by atoms with Crippen LogP contribution >= 0.6 is 0 Å². The van der Waals surface area contributed by atoms with Gasteiger partial charge < -0.3 is 9.80 Å². The molecule has 0 unspecified atom stereocenters. The first-order chi connectivity index (χ1) is 18.1. The normalized spacial score (nSPS) is 14.9. The summed E-state index contributed by atoms with van der Waals surface area (Å²) in [6.45, 7) is 8.18. The smallest absolute Gasteiger partial charge is 0.225 e. The summed E-state index contributed by atoms with van der Waals surface area (Å²) < 4.78 is 17.1. The van der Waals surface area contributed by atoms with Crippen LogP contribution in [0, 0.1) is 5.82 Å². The molecule has 0 saturated carbocycles. The van der Waals surface area contributed by atoms with E-state index in [1.807, 2.05) is 52.3 Å². The average Bonchev–Trinajstić information content (AvgIpc) is 3.60. The maximum absolute atomic E-state index is 13.3. The van der Waals surface area contributed by atoms with Crippen molar-refractivity contribution in [2.24, 2.45) is 0 Å². The van der Waals surface area contributed by atoms with Crippen LogP contribution in [0.3, 0.4) is 0 Å². The number of halogens is 1. The van der Waals surface area contributed by atoms with Crippen LogP contribution in [-0.4, -0.2) is 60.5 Å². The van der Waals surface area contributed by atoms with E-state index in [0.29, 0.717) is 0 Å². The Morgan fingerprint density at radius 1 is 0.838 bits per heavy atom. The van der Waals surface area contributed by atoms with Crippen molar-refractivity contribution in [3.05, 3.63) is 84.6 Å². The summed E-state index contributed by atoms with van der Waals surface area (Å²) in [6.07, 6.45) is 11.3. The molecule has 188 valence electrons. The van der Waals surface area contributed by atoms with E-state index < -0.39 is 0 Å². The van der Waals surface area contributed by atoms with Gasteiger partial charge in [0.2, 0.25) is 5.95 Å². The number of benzene rings is 1. The molecule has 1 aromatic carbocycles. The topological polar surface area (TPSA) is 80.3 Å². The summed E-state index contributed by atoms with van der Waals surface area (Å²) in [4.78, 5) is 18.4. The molecule has 5 heterocycles. The van der Waals surface area contributed by atoms with E-state index in [9.17, 15) is 4.39 Å². The zero-order chi connectivity index (χ0) is 25.4. The molecule has 1 atom stereocenters. The molecule has 1 aliphatic heterocycles. The predicted molar refractivity (Wildman–Crippen MR) is 140 cm³/mol. The Hall–Kier alpha value is -4.34. The second-order valence-corrected chi connectivity index (χ2v) is 9.29. The van der Waals surface area contributed by atoms with E-state index in [1.165, 1.54) is 12.1 Å². The third-order valence-electron chi connectivity index (χ3n) is 7.07. The van der Waals surface area contributed by atoms with Crippen molar-refractivity contribution in [3.8, 4) is 11.1 Å². The van der Waals surface area contributed by atoms with E-state index in [1.54, 1.807) is 6.33 Å². The first-order valence-electron chi connectivity index (χ1n) is 12.5. The molecule has 0 bridgehead atoms. The Bertz CT molecular complexity index is 1500. The molecule has 0 aliphatic carbocycles. The minimum atomic E-state index is -0.231. The molecule has 1 saturated heterocycles. The molecule has 4 aromatic heterocycles. The monoisotopic (exact) mass is 497 g/mol. The maximum atomic E-state index is 13.3. The number of anilines is 2. The summed E-state index contributed by atoms with van der Waals surface area (Å²) in [7, 11) is 0. The fourth-order valence-electron chi connectivity index (χ4n) is 4.78. The Labute approximate surface area is 214 Å². The van der Waals surface area contributed by atoms with Gasteiger partial charge in [0.15, 0.2) is 5.82 Å². The third-order valence-corrected chi connectivity index (χ3v) is 7.07. The minimum Gasteiger partial charge on any atom is -0.351 e. The lowest BCUT2D eigenvalue weighted by molar-refractivity contribution is 0.626. The Balaban J connectivity index is 1.15. The fourth-order valence-corrected chi connectivity index (χ4v) is 4.78. The van der Waals surface area contributed by atoms with Crippen LogP contribution in [0.5, 0.6) is 0 Å². The standard InChI is InChI=1S/C27H28FN9/c1-3-36-16-23(15-32-36)21-12-25-26(31-18-33-37(25)17-21)34-8-10-35(11-9-34)27-29-13-22(14-30-27)19(2)20-4-6-24(28)7-5-20/h4-7,12-19H,3,8-11H2,1-2H3/t19-/m1/s1. The quantitative estimate of drug-likeness (QED) is 0.351. The van der Waals surface area contributed by atoms with Crippen LogP contribution in [0.25, 0.3) is 16.6 Å². The van der Waals surface area contributed by atoms with Crippen molar-refractivity contribution < 1.29 is 4.39 Å². The highest BCUT2D eigenvalue weighted by molar-refractivity contribution is 5.77. The summed E-state index contributed by atoms with van der Waals surface area (Å²) in [5.41, 5.74) is 5.16. The Morgan fingerprint density at radius 3 is 2.27 bits per heavy atom. The zero-order valence-corrected chi connectivity index (χ0v) is 20.9. The lowest BCUT2D eigenvalue weighted by Crippen LogP contribution is -2.47. The second kappa shape index (κ2) is 9.61. The molecule has 1 aliphatic rings. The molecule has 10 heteroatoms. The number of hydrogen-bond acceptors (Lipinski definition) is 7. The second-order valence-electron chi connectivity index (χ2n) is 9.29. The first-order valence-corrected chi connectivity index (χ1v) is 12.5. The van der Waals surface area contributed by atoms with Gasteiger partial charge in [-0.2, -0.15) is 10.2 Å². The van der Waals surface area contributed by atoms with Gasteiger partial charge in [0, 0.05) is 74.6 Å². The summed E-state index contributed by atoms with van der Waals surface area (Å²) >= 11 is 0. The number of hydrogen-bond donors (Lipinski definition) is 0. The molecular weight excluding hydrogens is 469 g/mol. The summed E-state index contributed by atoms with van der Waals surface area (Å²) in [5.74, 6) is 1.51. The number of fused-ring (bicyclic) bond motifs is 1. The molecule has 6 rings (SSSR count). The molecule has 37 heavy (non-hydrogen) atoms. The van der Waals surface area contributed by atoms with Crippen molar-refractivity contribution in [2.75, 3.05) is 36.0 Å². The van der Waals surface area contributed by atoms with Crippen LogP contribution in [-0.2, 0) is 6.54 Å². The minimum absolute atomic E-state index is 0.0925. The van der Waals surface area contributed by atoms with Gasteiger partial charge in [-0.15, -0.1) is 0 Å². The van der Waals surface area contributed by atoms with Crippen LogP contribution in [0.15, 0.2) is 67.6 Å². The van der Waals surface area contributed by atoms with Crippen molar-refractivity contribution in [2.45, 2.75) is 26.3 Å². The fraction of sp³-hybridized carbons (Fsp3) is 0.296. The van der Waals surface area contributed by atoms with Crippen molar-refractivity contribution >= 4 is 17.3 Å². The number of piperazine rings is 1. The van der Waals surface area contributed by atoms with Gasteiger partial charge >= 0.3 is 0 Å². The van der Waals surface area contributed by atoms with Crippen molar-refractivity contribution in [1.82, 2.24) is 34.3 Å². The van der Waals surface area contributed by atoms with E-state index in [2.05, 4.69) is 54.9 Å². The van der Waals surface area contributed by atoms with Crippen LogP contribution in [0.2, 0.25) is 0 Å². The van der Waals surface area contributed by atoms with Gasteiger partial charge in [0.25, 0.3) is 0 Å². The molecular formula is C27H28FN9. The largest absolute Gasteiger partial charge is 0.351 e. The molecule has 0 spiro atoms. The number of aromatic nitrogens is 7. The van der Waals surface area contributed by atoms with Crippen molar-refractivity contribution in [1.29, 1.82) is 0 Å². The maximum Gasteiger partial charge on any atom is 0.225 e. The van der Waals surface area contributed by atoms with Crippen LogP contribution in [0.1, 0.15) is 30.9 Å².